The highest BCUT2D eigenvalue weighted by molar-refractivity contribution is 5.85. The van der Waals surface area contributed by atoms with Crippen LogP contribution in [0.2, 0.25) is 0 Å². The summed E-state index contributed by atoms with van der Waals surface area (Å²) in [6, 6.07) is 21.3. The van der Waals surface area contributed by atoms with Gasteiger partial charge in [-0.25, -0.2) is 0 Å². The van der Waals surface area contributed by atoms with Crippen LogP contribution in [-0.4, -0.2) is 34.8 Å². The SMILES string of the molecule is CCC(=O)N(Cc1ccccc1)C1CCN(Cc2ccccc2)CC1.Cl. The second-order valence-electron chi connectivity index (χ2n) is 6.85. The van der Waals surface area contributed by atoms with Gasteiger partial charge in [0.15, 0.2) is 0 Å². The van der Waals surface area contributed by atoms with Gasteiger partial charge in [0.05, 0.1) is 0 Å². The largest absolute Gasteiger partial charge is 0.335 e. The molecule has 0 atom stereocenters. The highest BCUT2D eigenvalue weighted by atomic mass is 35.5. The number of hydrogen-bond donors (Lipinski definition) is 0. The Hall–Kier alpha value is -1.84. The minimum absolute atomic E-state index is 0. The third-order valence-electron chi connectivity index (χ3n) is 5.07. The van der Waals surface area contributed by atoms with Gasteiger partial charge in [0, 0.05) is 38.6 Å². The average Bonchev–Trinajstić information content (AvgIpc) is 2.68. The van der Waals surface area contributed by atoms with Crippen LogP contribution in [0.5, 0.6) is 0 Å². The van der Waals surface area contributed by atoms with E-state index in [4.69, 9.17) is 0 Å². The first-order valence-electron chi connectivity index (χ1n) is 9.36. The van der Waals surface area contributed by atoms with Crippen molar-refractivity contribution < 1.29 is 4.79 Å². The molecule has 0 bridgehead atoms. The molecule has 2 aromatic carbocycles. The van der Waals surface area contributed by atoms with Crippen LogP contribution in [0.1, 0.15) is 37.3 Å². The summed E-state index contributed by atoms with van der Waals surface area (Å²) in [5.74, 6) is 0.269. The number of halogens is 1. The molecule has 140 valence electrons. The van der Waals surface area contributed by atoms with Gasteiger partial charge in [0.2, 0.25) is 5.91 Å². The monoisotopic (exact) mass is 372 g/mol. The van der Waals surface area contributed by atoms with Gasteiger partial charge in [-0.2, -0.15) is 0 Å². The van der Waals surface area contributed by atoms with E-state index in [2.05, 4.69) is 52.3 Å². The Morgan fingerprint density at radius 1 is 0.962 bits per heavy atom. The van der Waals surface area contributed by atoms with Crippen molar-refractivity contribution in [1.29, 1.82) is 0 Å². The quantitative estimate of drug-likeness (QED) is 0.744. The van der Waals surface area contributed by atoms with Crippen molar-refractivity contribution in [2.45, 2.75) is 45.3 Å². The van der Waals surface area contributed by atoms with E-state index < -0.39 is 0 Å². The summed E-state index contributed by atoms with van der Waals surface area (Å²) in [4.78, 5) is 17.1. The second-order valence-corrected chi connectivity index (χ2v) is 6.85. The van der Waals surface area contributed by atoms with E-state index in [9.17, 15) is 4.79 Å². The van der Waals surface area contributed by atoms with Gasteiger partial charge in [0.25, 0.3) is 0 Å². The smallest absolute Gasteiger partial charge is 0.222 e. The molecule has 3 rings (SSSR count). The number of hydrogen-bond acceptors (Lipinski definition) is 2. The van der Waals surface area contributed by atoms with Crippen LogP contribution in [0.25, 0.3) is 0 Å². The maximum absolute atomic E-state index is 12.5. The number of rotatable bonds is 6. The van der Waals surface area contributed by atoms with E-state index in [1.165, 1.54) is 11.1 Å². The zero-order chi connectivity index (χ0) is 17.5. The fourth-order valence-electron chi connectivity index (χ4n) is 3.63. The minimum Gasteiger partial charge on any atom is -0.335 e. The molecule has 0 aromatic heterocycles. The normalized spacial score (nSPS) is 15.3. The van der Waals surface area contributed by atoms with Crippen LogP contribution in [0.15, 0.2) is 60.7 Å². The molecule has 0 aliphatic carbocycles. The Kier molecular flexibility index (Phi) is 8.14. The van der Waals surface area contributed by atoms with Gasteiger partial charge in [-0.15, -0.1) is 12.4 Å². The summed E-state index contributed by atoms with van der Waals surface area (Å²) in [6.07, 6.45) is 2.70. The van der Waals surface area contributed by atoms with Gasteiger partial charge < -0.3 is 4.90 Å². The number of benzene rings is 2. The van der Waals surface area contributed by atoms with Crippen molar-refractivity contribution in [3.8, 4) is 0 Å². The molecule has 1 heterocycles. The second kappa shape index (κ2) is 10.3. The molecule has 0 unspecified atom stereocenters. The summed E-state index contributed by atoms with van der Waals surface area (Å²) >= 11 is 0. The molecule has 2 aromatic rings. The first-order chi connectivity index (χ1) is 12.3. The van der Waals surface area contributed by atoms with Gasteiger partial charge >= 0.3 is 0 Å². The number of piperidine rings is 1. The Labute approximate surface area is 163 Å². The molecule has 1 fully saturated rings. The highest BCUT2D eigenvalue weighted by Gasteiger charge is 2.27. The zero-order valence-electron chi connectivity index (χ0n) is 15.5. The van der Waals surface area contributed by atoms with E-state index in [1.807, 2.05) is 25.1 Å². The summed E-state index contributed by atoms with van der Waals surface area (Å²) < 4.78 is 0. The molecule has 0 N–H and O–H groups in total. The molecule has 1 aliphatic heterocycles. The average molecular weight is 373 g/mol. The molecule has 0 radical (unpaired) electrons. The molecule has 1 saturated heterocycles. The third-order valence-corrected chi connectivity index (χ3v) is 5.07. The van der Waals surface area contributed by atoms with Crippen LogP contribution in [0, 0.1) is 0 Å². The fourth-order valence-corrected chi connectivity index (χ4v) is 3.63. The molecule has 3 nitrogen and oxygen atoms in total. The van der Waals surface area contributed by atoms with Gasteiger partial charge in [-0.3, -0.25) is 9.69 Å². The number of likely N-dealkylation sites (tertiary alicyclic amines) is 1. The van der Waals surface area contributed by atoms with E-state index in [0.717, 1.165) is 39.0 Å². The van der Waals surface area contributed by atoms with Crippen molar-refractivity contribution in [3.63, 3.8) is 0 Å². The molecule has 0 spiro atoms. The summed E-state index contributed by atoms with van der Waals surface area (Å²) in [5, 5.41) is 0. The lowest BCUT2D eigenvalue weighted by molar-refractivity contribution is -0.135. The Morgan fingerprint density at radius 2 is 1.50 bits per heavy atom. The standard InChI is InChI=1S/C22H28N2O.ClH/c1-2-22(25)24(18-20-11-7-4-8-12-20)21-13-15-23(16-14-21)17-19-9-5-3-6-10-19;/h3-12,21H,2,13-18H2,1H3;1H. The lowest BCUT2D eigenvalue weighted by atomic mass is 10.0. The zero-order valence-corrected chi connectivity index (χ0v) is 16.3. The summed E-state index contributed by atoms with van der Waals surface area (Å²) in [6.45, 7) is 5.82. The molecule has 4 heteroatoms. The topological polar surface area (TPSA) is 23.6 Å². The van der Waals surface area contributed by atoms with Crippen LogP contribution in [0.4, 0.5) is 0 Å². The maximum Gasteiger partial charge on any atom is 0.222 e. The maximum atomic E-state index is 12.5. The van der Waals surface area contributed by atoms with Crippen LogP contribution in [0.3, 0.4) is 0 Å². The predicted molar refractivity (Wildman–Crippen MR) is 109 cm³/mol. The molecule has 26 heavy (non-hydrogen) atoms. The van der Waals surface area contributed by atoms with E-state index >= 15 is 0 Å². The predicted octanol–water partition coefficient (Wildman–Crippen LogP) is 4.51. The van der Waals surface area contributed by atoms with Crippen molar-refractivity contribution in [1.82, 2.24) is 9.80 Å². The van der Waals surface area contributed by atoms with Crippen LogP contribution in [-0.2, 0) is 17.9 Å². The molecular formula is C22H29ClN2O. The molecule has 1 amide bonds. The van der Waals surface area contributed by atoms with E-state index in [1.54, 1.807) is 0 Å². The third kappa shape index (κ3) is 5.58. The van der Waals surface area contributed by atoms with Crippen molar-refractivity contribution in [3.05, 3.63) is 71.8 Å². The van der Waals surface area contributed by atoms with E-state index in [0.29, 0.717) is 12.5 Å². The number of carbonyl (C=O) groups excluding carboxylic acids is 1. The number of nitrogens with zero attached hydrogens (tertiary/aromatic N) is 2. The van der Waals surface area contributed by atoms with Crippen molar-refractivity contribution in [2.24, 2.45) is 0 Å². The number of amides is 1. The summed E-state index contributed by atoms with van der Waals surface area (Å²) in [5.41, 5.74) is 2.59. The summed E-state index contributed by atoms with van der Waals surface area (Å²) in [7, 11) is 0. The van der Waals surface area contributed by atoms with E-state index in [-0.39, 0.29) is 18.3 Å². The lowest BCUT2D eigenvalue weighted by Crippen LogP contribution is -2.46. The fraction of sp³-hybridized carbons (Fsp3) is 0.409. The van der Waals surface area contributed by atoms with Gasteiger partial charge in [-0.1, -0.05) is 67.6 Å². The highest BCUT2D eigenvalue weighted by Crippen LogP contribution is 2.21. The Bertz CT molecular complexity index is 654. The van der Waals surface area contributed by atoms with Crippen molar-refractivity contribution in [2.75, 3.05) is 13.1 Å². The first kappa shape index (κ1) is 20.5. The van der Waals surface area contributed by atoms with Crippen LogP contribution >= 0.6 is 12.4 Å². The van der Waals surface area contributed by atoms with Crippen molar-refractivity contribution >= 4 is 18.3 Å². The van der Waals surface area contributed by atoms with Gasteiger partial charge in [0.1, 0.15) is 0 Å². The number of carbonyl (C=O) groups is 1. The molecule has 0 saturated carbocycles. The lowest BCUT2D eigenvalue weighted by Gasteiger charge is -2.38. The first-order valence-corrected chi connectivity index (χ1v) is 9.36. The minimum atomic E-state index is 0. The Morgan fingerprint density at radius 3 is 2.04 bits per heavy atom. The van der Waals surface area contributed by atoms with Gasteiger partial charge in [-0.05, 0) is 24.0 Å². The Balaban J connectivity index is 0.00000243. The van der Waals surface area contributed by atoms with Crippen LogP contribution < -0.4 is 0 Å². The molecule has 1 aliphatic rings. The molecular weight excluding hydrogens is 344 g/mol.